The highest BCUT2D eigenvalue weighted by Crippen LogP contribution is 2.37. The zero-order valence-electron chi connectivity index (χ0n) is 53.4. The van der Waals surface area contributed by atoms with Crippen molar-refractivity contribution < 1.29 is 17.7 Å². The molecule has 1 aliphatic heterocycles. The molecule has 16 aromatic rings. The summed E-state index contributed by atoms with van der Waals surface area (Å²) in [5.41, 5.74) is 12.8. The lowest BCUT2D eigenvalue weighted by molar-refractivity contribution is 0.00578. The summed E-state index contributed by atoms with van der Waals surface area (Å²) >= 11 is 6.46. The molecule has 0 spiro atoms. The summed E-state index contributed by atoms with van der Waals surface area (Å²) in [4.78, 5) is 45.4. The molecular formula is C65H62BBrN20O5S3. The number of nitrogens with zero attached hydrogens (tertiary/aromatic N) is 19. The zero-order chi connectivity index (χ0) is 66.7. The van der Waals surface area contributed by atoms with Gasteiger partial charge in [-0.25, -0.2) is 66.7 Å². The molecule has 0 radical (unpaired) electrons. The molecule has 0 unspecified atom stereocenters. The zero-order valence-corrected chi connectivity index (χ0v) is 57.4. The molecule has 95 heavy (non-hydrogen) atoms. The molecule has 1 N–H and O–H groups in total. The van der Waals surface area contributed by atoms with Gasteiger partial charge in [-0.2, -0.15) is 4.98 Å². The smallest absolute Gasteiger partial charge is 0.399 e. The van der Waals surface area contributed by atoms with Crippen molar-refractivity contribution in [2.45, 2.75) is 54.4 Å². The summed E-state index contributed by atoms with van der Waals surface area (Å²) in [5.74, 6) is 0. The predicted octanol–water partition coefficient (Wildman–Crippen LogP) is 10.4. The predicted molar refractivity (Wildman–Crippen MR) is 375 cm³/mol. The molecule has 1 saturated heterocycles. The number of fused-ring (bicyclic) bond motifs is 8. The van der Waals surface area contributed by atoms with E-state index in [0.717, 1.165) is 127 Å². The van der Waals surface area contributed by atoms with Gasteiger partial charge in [0.1, 0.15) is 27.2 Å². The molecule has 17 heterocycles. The average Bonchev–Trinajstić information content (AvgIpc) is 1.61. The monoisotopic (exact) mass is 1390 g/mol. The Hall–Kier alpha value is -9.85. The summed E-state index contributed by atoms with van der Waals surface area (Å²) in [5, 5.41) is 21.3. The number of aryl methyl sites for hydroxylation is 4. The molecule has 1 fully saturated rings. The molecule has 25 nitrogen and oxygen atoms in total. The number of hydrogen-bond donors (Lipinski definition) is 1. The second-order valence-electron chi connectivity index (χ2n) is 23.4. The van der Waals surface area contributed by atoms with Crippen molar-refractivity contribution in [3.63, 3.8) is 0 Å². The van der Waals surface area contributed by atoms with Crippen molar-refractivity contribution in [2.24, 2.45) is 28.2 Å². The summed E-state index contributed by atoms with van der Waals surface area (Å²) in [6.07, 6.45) is 27.0. The third-order valence-electron chi connectivity index (χ3n) is 16.5. The van der Waals surface area contributed by atoms with Crippen molar-refractivity contribution in [3.8, 4) is 33.8 Å². The molecule has 0 amide bonds. The Kier molecular flexibility index (Phi) is 17.1. The topological polar surface area (TPSA) is 265 Å². The maximum atomic E-state index is 11.7. The largest absolute Gasteiger partial charge is 0.496 e. The van der Waals surface area contributed by atoms with Gasteiger partial charge in [0.25, 0.3) is 5.16 Å². The van der Waals surface area contributed by atoms with Gasteiger partial charge in [0, 0.05) is 128 Å². The molecular weight excluding hydrogens is 1330 g/mol. The molecule has 0 aliphatic carbocycles. The quantitative estimate of drug-likeness (QED) is 0.115. The summed E-state index contributed by atoms with van der Waals surface area (Å²) < 4.78 is 51.3. The van der Waals surface area contributed by atoms with Crippen LogP contribution in [0.3, 0.4) is 0 Å². The van der Waals surface area contributed by atoms with Gasteiger partial charge in [0.05, 0.1) is 75.1 Å². The van der Waals surface area contributed by atoms with Gasteiger partial charge in [-0.05, 0) is 153 Å². The number of hydrogen-bond acceptors (Lipinski definition) is 18. The number of aromatic amines is 1. The first-order valence-electron chi connectivity index (χ1n) is 29.6. The number of pyridine rings is 4. The van der Waals surface area contributed by atoms with Gasteiger partial charge in [-0.15, -0.1) is 15.3 Å². The normalized spacial score (nSPS) is 13.5. The second-order valence-corrected chi connectivity index (χ2v) is 27.7. The van der Waals surface area contributed by atoms with E-state index in [0.29, 0.717) is 0 Å². The SMILES string of the molecule is CSc1ncc2ccc(-c3cnc4c(ccn4C)c3)n2n1.CSc1ncc2ccc(Br)n2n1.Cn1ccc2cc(-c3ccc4cnc(=O)[nH]n34)cnc21.Cn1ccc2cc(-c3ccc4cnc(S(C)(=O)=O)nn34)cnc21.Cn1ccc2cc(B3OC(C)(C)C(C)(C)O3)cnc21. The van der Waals surface area contributed by atoms with Gasteiger partial charge < -0.3 is 27.6 Å². The van der Waals surface area contributed by atoms with Crippen LogP contribution < -0.4 is 11.2 Å². The van der Waals surface area contributed by atoms with Crippen LogP contribution in [0.5, 0.6) is 0 Å². The van der Waals surface area contributed by atoms with Crippen LogP contribution in [0, 0.1) is 0 Å². The molecule has 0 bridgehead atoms. The summed E-state index contributed by atoms with van der Waals surface area (Å²) in [6.45, 7) is 8.23. The summed E-state index contributed by atoms with van der Waals surface area (Å²) in [7, 11) is 4.08. The van der Waals surface area contributed by atoms with Crippen LogP contribution in [-0.2, 0) is 47.3 Å². The lowest BCUT2D eigenvalue weighted by Crippen LogP contribution is -2.41. The van der Waals surface area contributed by atoms with Crippen LogP contribution >= 0.6 is 39.5 Å². The number of halogens is 1. The highest BCUT2D eigenvalue weighted by Gasteiger charge is 2.52. The van der Waals surface area contributed by atoms with Crippen molar-refractivity contribution in [2.75, 3.05) is 18.8 Å². The Morgan fingerprint density at radius 3 is 1.37 bits per heavy atom. The maximum Gasteiger partial charge on any atom is 0.496 e. The first-order chi connectivity index (χ1) is 45.5. The van der Waals surface area contributed by atoms with Gasteiger partial charge in [-0.3, -0.25) is 4.52 Å². The number of H-pyrrole nitrogens is 1. The number of nitrogens with one attached hydrogen (secondary N) is 1. The fourth-order valence-corrected chi connectivity index (χ4v) is 12.3. The average molecular weight is 1390 g/mol. The van der Waals surface area contributed by atoms with E-state index in [1.165, 1.54) is 29.7 Å². The lowest BCUT2D eigenvalue weighted by Gasteiger charge is -2.32. The summed E-state index contributed by atoms with van der Waals surface area (Å²) in [6, 6.07) is 32.0. The second kappa shape index (κ2) is 25.5. The standard InChI is InChI=1S/C15H13N5O2S.C15H13N5S.C14H19BN2O2.C14H11N5O.C7H6BrN3S/c1-19-6-5-10-7-11(8-16-14(10)19)13-4-3-12-9-17-15(18-20(12)13)23(2,21)22;1-19-6-5-10-7-11(8-16-14(10)19)13-4-3-12-9-17-15(21-2)18-20(12)13;1-13(2)14(3,4)19-15(18-13)11-8-10-6-7-17(5)12(10)16-9-11;1-18-5-4-9-6-10(7-15-13(9)18)12-3-2-11-8-16-14(20)17-19(11)12;1-12-7-9-4-5-2-3-6(8)11(5)10-7/h3-9H,1-2H3;3-9H,1-2H3;6-9H,1-5H3;2-8H,1H3,(H,17,20);2-4H,1H3. The fourth-order valence-electron chi connectivity index (χ4n) is 10.7. The number of sulfone groups is 1. The molecule has 0 atom stereocenters. The van der Waals surface area contributed by atoms with Crippen molar-refractivity contribution in [1.82, 2.24) is 96.6 Å². The van der Waals surface area contributed by atoms with E-state index in [1.54, 1.807) is 21.4 Å². The van der Waals surface area contributed by atoms with E-state index < -0.39 is 9.84 Å². The van der Waals surface area contributed by atoms with Crippen LogP contribution in [0.2, 0.25) is 0 Å². The molecule has 480 valence electrons. The third kappa shape index (κ3) is 12.7. The van der Waals surface area contributed by atoms with Crippen molar-refractivity contribution in [1.29, 1.82) is 0 Å². The van der Waals surface area contributed by atoms with Crippen LogP contribution in [0.1, 0.15) is 27.7 Å². The lowest BCUT2D eigenvalue weighted by atomic mass is 9.80. The fraction of sp³-hybridized carbons (Fsp3) is 0.200. The molecule has 1 aliphatic rings. The minimum Gasteiger partial charge on any atom is -0.399 e. The van der Waals surface area contributed by atoms with Crippen molar-refractivity contribution >= 4 is 128 Å². The van der Waals surface area contributed by atoms with E-state index in [1.807, 2.05) is 184 Å². The van der Waals surface area contributed by atoms with Crippen molar-refractivity contribution in [3.05, 3.63) is 187 Å². The van der Waals surface area contributed by atoms with Crippen LogP contribution in [0.25, 0.3) is 100.0 Å². The Bertz CT molecular complexity index is 5730. The highest BCUT2D eigenvalue weighted by atomic mass is 79.9. The van der Waals surface area contributed by atoms with Gasteiger partial charge in [-0.1, -0.05) is 23.5 Å². The first kappa shape index (κ1) is 63.9. The Balaban J connectivity index is 0.000000109. The Labute approximate surface area is 560 Å². The van der Waals surface area contributed by atoms with Crippen LogP contribution in [0.4, 0.5) is 0 Å². The van der Waals surface area contributed by atoms with E-state index in [9.17, 15) is 13.2 Å². The third-order valence-corrected chi connectivity index (χ3v) is 19.0. The number of rotatable bonds is 7. The van der Waals surface area contributed by atoms with E-state index >= 15 is 0 Å². The van der Waals surface area contributed by atoms with Gasteiger partial charge in [0.2, 0.25) is 20.2 Å². The molecule has 16 aromatic heterocycles. The Morgan fingerprint density at radius 1 is 0.474 bits per heavy atom. The van der Waals surface area contributed by atoms with Crippen LogP contribution in [0.15, 0.2) is 196 Å². The Morgan fingerprint density at radius 2 is 0.874 bits per heavy atom. The molecule has 17 rings (SSSR count). The minimum absolute atomic E-state index is 0.198. The van der Waals surface area contributed by atoms with Gasteiger partial charge in [0.15, 0.2) is 0 Å². The van der Waals surface area contributed by atoms with Crippen LogP contribution in [-0.4, -0.2) is 142 Å². The molecule has 0 aromatic carbocycles. The highest BCUT2D eigenvalue weighted by molar-refractivity contribution is 9.10. The van der Waals surface area contributed by atoms with E-state index in [4.69, 9.17) is 9.31 Å². The molecule has 30 heteroatoms. The minimum atomic E-state index is -3.46. The number of aromatic nitrogens is 20. The maximum absolute atomic E-state index is 11.7. The molecule has 0 saturated carbocycles. The van der Waals surface area contributed by atoms with Gasteiger partial charge >= 0.3 is 12.8 Å². The number of thioether (sulfide) groups is 2. The van der Waals surface area contributed by atoms with E-state index in [2.05, 4.69) is 140 Å². The first-order valence-corrected chi connectivity index (χ1v) is 34.7. The van der Waals surface area contributed by atoms with E-state index in [-0.39, 0.29) is 29.2 Å².